The summed E-state index contributed by atoms with van der Waals surface area (Å²) in [6.07, 6.45) is 5.41. The summed E-state index contributed by atoms with van der Waals surface area (Å²) in [6, 6.07) is 8.29. The topological polar surface area (TPSA) is 90.0 Å². The van der Waals surface area contributed by atoms with Crippen molar-refractivity contribution >= 4 is 12.1 Å². The maximum absolute atomic E-state index is 13.3. The van der Waals surface area contributed by atoms with E-state index in [1.54, 1.807) is 6.20 Å². The molecule has 8 heteroatoms. The lowest BCUT2D eigenvalue weighted by Crippen LogP contribution is -2.53. The van der Waals surface area contributed by atoms with E-state index in [9.17, 15) is 4.79 Å². The van der Waals surface area contributed by atoms with Crippen molar-refractivity contribution in [1.29, 1.82) is 0 Å². The predicted octanol–water partition coefficient (Wildman–Crippen LogP) is 4.10. The van der Waals surface area contributed by atoms with E-state index < -0.39 is 0 Å². The number of nitrogens with one attached hydrogen (secondary N) is 2. The number of likely N-dealkylation sites (tertiary alicyclic amines) is 1. The number of rotatable bonds is 5. The van der Waals surface area contributed by atoms with Gasteiger partial charge in [0.05, 0.1) is 17.9 Å². The highest BCUT2D eigenvalue weighted by atomic mass is 16.2. The molecule has 5 heterocycles. The van der Waals surface area contributed by atoms with Crippen LogP contribution in [0.4, 0.5) is 4.79 Å². The van der Waals surface area contributed by atoms with E-state index in [0.29, 0.717) is 19.0 Å². The Morgan fingerprint density at radius 2 is 2.14 bits per heavy atom. The van der Waals surface area contributed by atoms with Crippen LogP contribution in [0.3, 0.4) is 0 Å². The fraction of sp³-hybridized carbons (Fsp3) is 0.429. The molecule has 3 aromatic heterocycles. The lowest BCUT2D eigenvalue weighted by Gasteiger charge is -2.38. The summed E-state index contributed by atoms with van der Waals surface area (Å²) in [5, 5.41) is 11.1. The number of carbonyl (C=O) groups excluding carboxylic acids is 1. The molecule has 2 N–H and O–H groups in total. The van der Waals surface area contributed by atoms with Crippen LogP contribution in [0.2, 0.25) is 0 Å². The second-order valence-corrected chi connectivity index (χ2v) is 10.2. The van der Waals surface area contributed by atoms with Gasteiger partial charge in [0.2, 0.25) is 0 Å². The number of piperidine rings is 1. The highest BCUT2D eigenvalue weighted by molar-refractivity contribution is 5.76. The number of aromatic amines is 1. The fourth-order valence-corrected chi connectivity index (χ4v) is 5.52. The monoisotopic (exact) mass is 485 g/mol. The molecule has 8 nitrogen and oxygen atoms in total. The van der Waals surface area contributed by atoms with Gasteiger partial charge < -0.3 is 10.2 Å². The van der Waals surface area contributed by atoms with E-state index in [1.807, 2.05) is 37.0 Å². The maximum atomic E-state index is 13.3. The van der Waals surface area contributed by atoms with Crippen LogP contribution in [0.5, 0.6) is 0 Å². The number of urea groups is 1. The van der Waals surface area contributed by atoms with Crippen molar-refractivity contribution in [3.8, 4) is 11.3 Å². The van der Waals surface area contributed by atoms with Crippen molar-refractivity contribution in [2.75, 3.05) is 19.6 Å². The van der Waals surface area contributed by atoms with Crippen molar-refractivity contribution in [1.82, 2.24) is 35.3 Å². The number of hydrogen-bond acceptors (Lipinski definition) is 5. The summed E-state index contributed by atoms with van der Waals surface area (Å²) in [5.74, 6) is 0.501. The molecule has 0 radical (unpaired) electrons. The molecule has 2 aliphatic heterocycles. The maximum Gasteiger partial charge on any atom is 0.317 e. The van der Waals surface area contributed by atoms with Crippen LogP contribution in [0.15, 0.2) is 37.0 Å². The number of aromatic nitrogens is 4. The van der Waals surface area contributed by atoms with Gasteiger partial charge in [-0.2, -0.15) is 5.10 Å². The average Bonchev–Trinajstić information content (AvgIpc) is 3.27. The third-order valence-corrected chi connectivity index (χ3v) is 7.24. The third kappa shape index (κ3) is 5.18. The SMILES string of the molecule is C=Cc1ccc(CN2CC(C)CC(NC(=O)N3CCc4[nH]nc(-c5ccnc(C)c5)c4C3)C2)nc1C. The highest BCUT2D eigenvalue weighted by Crippen LogP contribution is 2.29. The molecule has 188 valence electrons. The molecule has 5 rings (SSSR count). The number of nitrogens with zero attached hydrogens (tertiary/aromatic N) is 5. The number of amides is 2. The largest absolute Gasteiger partial charge is 0.334 e. The molecule has 0 spiro atoms. The molecule has 2 atom stereocenters. The van der Waals surface area contributed by atoms with Gasteiger partial charge >= 0.3 is 6.03 Å². The Bertz CT molecular complexity index is 1270. The van der Waals surface area contributed by atoms with E-state index in [-0.39, 0.29) is 12.1 Å². The van der Waals surface area contributed by atoms with Crippen molar-refractivity contribution in [3.05, 3.63) is 70.9 Å². The van der Waals surface area contributed by atoms with E-state index in [2.05, 4.69) is 51.0 Å². The number of fused-ring (bicyclic) bond motifs is 1. The normalized spacial score (nSPS) is 20.1. The molecule has 2 unspecified atom stereocenters. The van der Waals surface area contributed by atoms with Crippen LogP contribution < -0.4 is 5.32 Å². The van der Waals surface area contributed by atoms with Gasteiger partial charge in [0.1, 0.15) is 0 Å². The van der Waals surface area contributed by atoms with Gasteiger partial charge in [0.25, 0.3) is 0 Å². The van der Waals surface area contributed by atoms with Gasteiger partial charge in [0, 0.05) is 73.0 Å². The first kappa shape index (κ1) is 24.2. The number of carbonyl (C=O) groups is 1. The zero-order valence-electron chi connectivity index (χ0n) is 21.4. The molecule has 0 aromatic carbocycles. The second kappa shape index (κ2) is 10.2. The average molecular weight is 486 g/mol. The molecule has 1 saturated heterocycles. The smallest absolute Gasteiger partial charge is 0.317 e. The Morgan fingerprint density at radius 1 is 1.28 bits per heavy atom. The first-order valence-electron chi connectivity index (χ1n) is 12.8. The Kier molecular flexibility index (Phi) is 6.87. The van der Waals surface area contributed by atoms with Crippen molar-refractivity contribution < 1.29 is 4.79 Å². The first-order valence-corrected chi connectivity index (χ1v) is 12.8. The Labute approximate surface area is 212 Å². The minimum absolute atomic E-state index is 0.00191. The Hall–Kier alpha value is -3.52. The molecule has 1 fully saturated rings. The Morgan fingerprint density at radius 3 is 2.92 bits per heavy atom. The summed E-state index contributed by atoms with van der Waals surface area (Å²) < 4.78 is 0. The summed E-state index contributed by atoms with van der Waals surface area (Å²) >= 11 is 0. The van der Waals surface area contributed by atoms with Gasteiger partial charge in [-0.25, -0.2) is 4.79 Å². The lowest BCUT2D eigenvalue weighted by molar-refractivity contribution is 0.133. The molecule has 0 aliphatic carbocycles. The first-order chi connectivity index (χ1) is 17.4. The molecule has 2 aliphatic rings. The molecular weight excluding hydrogens is 450 g/mol. The van der Waals surface area contributed by atoms with Crippen molar-refractivity contribution in [3.63, 3.8) is 0 Å². The Balaban J connectivity index is 1.23. The third-order valence-electron chi connectivity index (χ3n) is 7.24. The van der Waals surface area contributed by atoms with Crippen molar-refractivity contribution in [2.24, 2.45) is 5.92 Å². The molecular formula is C28H35N7O. The summed E-state index contributed by atoms with van der Waals surface area (Å²) in [5.41, 5.74) is 8.24. The lowest BCUT2D eigenvalue weighted by atomic mass is 9.95. The minimum Gasteiger partial charge on any atom is -0.334 e. The number of pyridine rings is 2. The molecule has 36 heavy (non-hydrogen) atoms. The van der Waals surface area contributed by atoms with Gasteiger partial charge in [-0.1, -0.05) is 25.6 Å². The molecule has 2 amide bonds. The number of aryl methyl sites for hydroxylation is 2. The van der Waals surface area contributed by atoms with Crippen LogP contribution in [-0.2, 0) is 19.5 Å². The van der Waals surface area contributed by atoms with Crippen LogP contribution in [-0.4, -0.2) is 61.7 Å². The minimum atomic E-state index is 0.00191. The number of H-pyrrole nitrogens is 1. The van der Waals surface area contributed by atoms with Crippen LogP contribution >= 0.6 is 0 Å². The predicted molar refractivity (Wildman–Crippen MR) is 141 cm³/mol. The summed E-state index contributed by atoms with van der Waals surface area (Å²) in [7, 11) is 0. The second-order valence-electron chi connectivity index (χ2n) is 10.2. The molecule has 0 bridgehead atoms. The summed E-state index contributed by atoms with van der Waals surface area (Å²) in [4.78, 5) is 26.7. The zero-order valence-corrected chi connectivity index (χ0v) is 21.4. The van der Waals surface area contributed by atoms with E-state index in [0.717, 1.165) is 77.6 Å². The zero-order chi connectivity index (χ0) is 25.2. The van der Waals surface area contributed by atoms with Gasteiger partial charge in [-0.05, 0) is 49.9 Å². The van der Waals surface area contributed by atoms with E-state index >= 15 is 0 Å². The van der Waals surface area contributed by atoms with Gasteiger partial charge in [-0.15, -0.1) is 0 Å². The van der Waals surface area contributed by atoms with Crippen LogP contribution in [0.1, 0.15) is 47.2 Å². The van der Waals surface area contributed by atoms with Crippen LogP contribution in [0, 0.1) is 19.8 Å². The van der Waals surface area contributed by atoms with E-state index in [4.69, 9.17) is 4.98 Å². The fourth-order valence-electron chi connectivity index (χ4n) is 5.52. The number of hydrogen-bond donors (Lipinski definition) is 2. The quantitative estimate of drug-likeness (QED) is 0.568. The highest BCUT2D eigenvalue weighted by Gasteiger charge is 2.30. The van der Waals surface area contributed by atoms with Gasteiger partial charge in [0.15, 0.2) is 0 Å². The standard InChI is InChI=1S/C28H35N7O/c1-5-21-6-7-23(30-20(21)4)15-34-14-18(2)12-24(16-34)31-28(36)35-11-9-26-25(17-35)27(33-32-26)22-8-10-29-19(3)13-22/h5-8,10,13,18,24H,1,9,11-12,14-17H2,2-4H3,(H,31,36)(H,32,33). The van der Waals surface area contributed by atoms with Crippen LogP contribution in [0.25, 0.3) is 17.3 Å². The summed E-state index contributed by atoms with van der Waals surface area (Å²) in [6.45, 7) is 14.0. The van der Waals surface area contributed by atoms with E-state index in [1.165, 1.54) is 0 Å². The van der Waals surface area contributed by atoms with Gasteiger partial charge in [-0.3, -0.25) is 20.0 Å². The molecule has 3 aromatic rings. The van der Waals surface area contributed by atoms with Crippen molar-refractivity contribution in [2.45, 2.75) is 52.7 Å². The molecule has 0 saturated carbocycles.